The van der Waals surface area contributed by atoms with Crippen LogP contribution in [-0.2, 0) is 0 Å². The molecule has 0 bridgehead atoms. The summed E-state index contributed by atoms with van der Waals surface area (Å²) in [5.41, 5.74) is 1.02. The fourth-order valence-corrected chi connectivity index (χ4v) is 2.34. The summed E-state index contributed by atoms with van der Waals surface area (Å²) >= 11 is 3.35. The minimum absolute atomic E-state index is 0.122. The van der Waals surface area contributed by atoms with Crippen molar-refractivity contribution in [2.24, 2.45) is 0 Å². The van der Waals surface area contributed by atoms with Crippen LogP contribution in [0.4, 0.5) is 4.39 Å². The number of halogens is 2. The molecule has 1 aromatic carbocycles. The number of rotatable bonds is 5. The van der Waals surface area contributed by atoms with Crippen LogP contribution < -0.4 is 5.32 Å². The van der Waals surface area contributed by atoms with Crippen molar-refractivity contribution in [1.82, 2.24) is 5.32 Å². The predicted molar refractivity (Wildman–Crippen MR) is 66.8 cm³/mol. The largest absolute Gasteiger partial charge is 0.396 e. The molecular formula is C12H17BrFNO. The Bertz CT molecular complexity index is 346. The van der Waals surface area contributed by atoms with E-state index < -0.39 is 0 Å². The Morgan fingerprint density at radius 1 is 1.44 bits per heavy atom. The van der Waals surface area contributed by atoms with Gasteiger partial charge in [-0.2, -0.15) is 0 Å². The van der Waals surface area contributed by atoms with Crippen molar-refractivity contribution >= 4 is 15.9 Å². The standard InChI is InChI=1S/C12H17BrFNO/c1-8(5-6-16)15-9(2)11-4-3-10(14)7-12(11)13/h3-4,7-9,15-16H,5-6H2,1-2H3/t8-,9?/m1/s1. The van der Waals surface area contributed by atoms with Gasteiger partial charge in [0.15, 0.2) is 0 Å². The van der Waals surface area contributed by atoms with Gasteiger partial charge in [-0.05, 0) is 38.0 Å². The van der Waals surface area contributed by atoms with Crippen molar-refractivity contribution in [1.29, 1.82) is 0 Å². The van der Waals surface area contributed by atoms with E-state index in [4.69, 9.17) is 5.11 Å². The molecule has 0 saturated carbocycles. The first-order valence-corrected chi connectivity index (χ1v) is 6.15. The third kappa shape index (κ3) is 3.85. The molecule has 0 heterocycles. The highest BCUT2D eigenvalue weighted by Gasteiger charge is 2.12. The zero-order valence-corrected chi connectivity index (χ0v) is 11.1. The van der Waals surface area contributed by atoms with Gasteiger partial charge >= 0.3 is 0 Å². The SMILES string of the molecule is CC(N[C@H](C)CCO)c1ccc(F)cc1Br. The second kappa shape index (κ2) is 6.33. The van der Waals surface area contributed by atoms with Gasteiger partial charge < -0.3 is 10.4 Å². The molecule has 16 heavy (non-hydrogen) atoms. The predicted octanol–water partition coefficient (Wildman–Crippen LogP) is 3.01. The van der Waals surface area contributed by atoms with Gasteiger partial charge in [-0.25, -0.2) is 4.39 Å². The van der Waals surface area contributed by atoms with E-state index in [1.54, 1.807) is 6.07 Å². The molecule has 0 aliphatic rings. The Balaban J connectivity index is 2.69. The molecule has 0 aliphatic heterocycles. The number of aliphatic hydroxyl groups is 1. The fourth-order valence-electron chi connectivity index (χ4n) is 1.65. The minimum atomic E-state index is -0.244. The molecule has 0 saturated heterocycles. The molecule has 90 valence electrons. The Morgan fingerprint density at radius 2 is 2.12 bits per heavy atom. The van der Waals surface area contributed by atoms with Gasteiger partial charge in [0.05, 0.1) is 0 Å². The molecule has 2 nitrogen and oxygen atoms in total. The van der Waals surface area contributed by atoms with E-state index in [2.05, 4.69) is 21.2 Å². The van der Waals surface area contributed by atoms with E-state index in [9.17, 15) is 4.39 Å². The van der Waals surface area contributed by atoms with E-state index in [-0.39, 0.29) is 24.5 Å². The third-order valence-corrected chi connectivity index (χ3v) is 3.21. The van der Waals surface area contributed by atoms with Gasteiger partial charge in [0.25, 0.3) is 0 Å². The molecule has 0 aliphatic carbocycles. The van der Waals surface area contributed by atoms with E-state index >= 15 is 0 Å². The molecule has 4 heteroatoms. The summed E-state index contributed by atoms with van der Waals surface area (Å²) in [5.74, 6) is -0.244. The first-order chi connectivity index (χ1) is 7.54. The summed E-state index contributed by atoms with van der Waals surface area (Å²) in [6, 6.07) is 5.04. The number of benzene rings is 1. The molecule has 1 aromatic rings. The van der Waals surface area contributed by atoms with Gasteiger partial charge in [0.1, 0.15) is 5.82 Å². The lowest BCUT2D eigenvalue weighted by atomic mass is 10.1. The van der Waals surface area contributed by atoms with Gasteiger partial charge in [-0.15, -0.1) is 0 Å². The molecule has 0 aromatic heterocycles. The van der Waals surface area contributed by atoms with Crippen molar-refractivity contribution in [2.45, 2.75) is 32.4 Å². The second-order valence-electron chi connectivity index (χ2n) is 3.97. The van der Waals surface area contributed by atoms with Crippen LogP contribution in [0.2, 0.25) is 0 Å². The Morgan fingerprint density at radius 3 is 2.69 bits per heavy atom. The summed E-state index contributed by atoms with van der Waals surface area (Å²) in [6.07, 6.45) is 0.711. The molecule has 1 rings (SSSR count). The molecular weight excluding hydrogens is 273 g/mol. The lowest BCUT2D eigenvalue weighted by Gasteiger charge is -2.20. The highest BCUT2D eigenvalue weighted by Crippen LogP contribution is 2.24. The molecule has 2 N–H and O–H groups in total. The first kappa shape index (κ1) is 13.6. The third-order valence-electron chi connectivity index (χ3n) is 2.53. The van der Waals surface area contributed by atoms with Crippen LogP contribution in [0, 0.1) is 5.82 Å². The van der Waals surface area contributed by atoms with E-state index in [1.165, 1.54) is 12.1 Å². The van der Waals surface area contributed by atoms with Crippen molar-refractivity contribution in [2.75, 3.05) is 6.61 Å². The normalized spacial score (nSPS) is 14.8. The van der Waals surface area contributed by atoms with Crippen molar-refractivity contribution in [3.8, 4) is 0 Å². The fraction of sp³-hybridized carbons (Fsp3) is 0.500. The summed E-state index contributed by atoms with van der Waals surface area (Å²) in [6.45, 7) is 4.21. The maximum atomic E-state index is 12.9. The van der Waals surface area contributed by atoms with Crippen molar-refractivity contribution in [3.05, 3.63) is 34.1 Å². The smallest absolute Gasteiger partial charge is 0.124 e. The van der Waals surface area contributed by atoms with Crippen LogP contribution in [-0.4, -0.2) is 17.8 Å². The summed E-state index contributed by atoms with van der Waals surface area (Å²) in [7, 11) is 0. The zero-order valence-electron chi connectivity index (χ0n) is 9.50. The maximum Gasteiger partial charge on any atom is 0.124 e. The van der Waals surface area contributed by atoms with Crippen molar-refractivity contribution < 1.29 is 9.50 Å². The Kier molecular flexibility index (Phi) is 5.38. The summed E-state index contributed by atoms with van der Waals surface area (Å²) in [4.78, 5) is 0. The van der Waals surface area contributed by atoms with Crippen LogP contribution in [0.25, 0.3) is 0 Å². The van der Waals surface area contributed by atoms with Gasteiger partial charge in [0.2, 0.25) is 0 Å². The summed E-state index contributed by atoms with van der Waals surface area (Å²) in [5, 5.41) is 12.2. The van der Waals surface area contributed by atoms with Crippen LogP contribution in [0.5, 0.6) is 0 Å². The monoisotopic (exact) mass is 289 g/mol. The highest BCUT2D eigenvalue weighted by atomic mass is 79.9. The molecule has 0 radical (unpaired) electrons. The molecule has 0 spiro atoms. The lowest BCUT2D eigenvalue weighted by Crippen LogP contribution is -2.29. The minimum Gasteiger partial charge on any atom is -0.396 e. The quantitative estimate of drug-likeness (QED) is 0.873. The molecule has 1 unspecified atom stereocenters. The zero-order chi connectivity index (χ0) is 12.1. The molecule has 0 fully saturated rings. The van der Waals surface area contributed by atoms with Crippen LogP contribution in [0.3, 0.4) is 0 Å². The van der Waals surface area contributed by atoms with Crippen molar-refractivity contribution in [3.63, 3.8) is 0 Å². The average molecular weight is 290 g/mol. The lowest BCUT2D eigenvalue weighted by molar-refractivity contribution is 0.264. The highest BCUT2D eigenvalue weighted by molar-refractivity contribution is 9.10. The summed E-state index contributed by atoms with van der Waals surface area (Å²) < 4.78 is 13.7. The van der Waals surface area contributed by atoms with Gasteiger partial charge in [0, 0.05) is 23.2 Å². The van der Waals surface area contributed by atoms with E-state index in [0.29, 0.717) is 6.42 Å². The number of hydrogen-bond donors (Lipinski definition) is 2. The Hall–Kier alpha value is -0.450. The van der Waals surface area contributed by atoms with Gasteiger partial charge in [-0.3, -0.25) is 0 Å². The molecule has 2 atom stereocenters. The van der Waals surface area contributed by atoms with Crippen LogP contribution in [0.1, 0.15) is 31.9 Å². The number of aliphatic hydroxyl groups excluding tert-OH is 1. The van der Waals surface area contributed by atoms with Gasteiger partial charge in [-0.1, -0.05) is 22.0 Å². The first-order valence-electron chi connectivity index (χ1n) is 5.36. The topological polar surface area (TPSA) is 32.3 Å². The second-order valence-corrected chi connectivity index (χ2v) is 4.82. The average Bonchev–Trinajstić information content (AvgIpc) is 2.17. The Labute approximate surface area is 104 Å². The maximum absolute atomic E-state index is 12.9. The van der Waals surface area contributed by atoms with E-state index in [0.717, 1.165) is 10.0 Å². The number of nitrogens with one attached hydrogen (secondary N) is 1. The van der Waals surface area contributed by atoms with E-state index in [1.807, 2.05) is 13.8 Å². The van der Waals surface area contributed by atoms with Crippen LogP contribution >= 0.6 is 15.9 Å². The van der Waals surface area contributed by atoms with Crippen LogP contribution in [0.15, 0.2) is 22.7 Å². The number of hydrogen-bond acceptors (Lipinski definition) is 2. The molecule has 0 amide bonds.